The minimum atomic E-state index is -0.505. The minimum absolute atomic E-state index is 0.121. The van der Waals surface area contributed by atoms with Crippen LogP contribution < -0.4 is 10.1 Å². The van der Waals surface area contributed by atoms with Gasteiger partial charge in [-0.1, -0.05) is 6.07 Å². The standard InChI is InChI=1S/C20H22FN3O4/c1-3-23(12-13-4-9-19(28-2)16(21)10-13)20(25)14-5-8-17(22-15-6-7-15)18(11-14)24(26)27/h4-5,8-11,15,22H,3,6-7,12H2,1-2H3. The number of anilines is 1. The van der Waals surface area contributed by atoms with Crippen LogP contribution in [0.1, 0.15) is 35.7 Å². The van der Waals surface area contributed by atoms with Crippen LogP contribution >= 0.6 is 0 Å². The maximum Gasteiger partial charge on any atom is 0.293 e. The maximum atomic E-state index is 13.9. The number of methoxy groups -OCH3 is 1. The van der Waals surface area contributed by atoms with Crippen molar-refractivity contribution in [2.45, 2.75) is 32.4 Å². The second-order valence-corrected chi connectivity index (χ2v) is 6.70. The van der Waals surface area contributed by atoms with Gasteiger partial charge in [-0.15, -0.1) is 0 Å². The number of amides is 1. The van der Waals surface area contributed by atoms with Gasteiger partial charge in [0.05, 0.1) is 12.0 Å². The van der Waals surface area contributed by atoms with Crippen LogP contribution in [0, 0.1) is 15.9 Å². The fourth-order valence-electron chi connectivity index (χ4n) is 2.92. The Hall–Kier alpha value is -3.16. The quantitative estimate of drug-likeness (QED) is 0.547. The van der Waals surface area contributed by atoms with E-state index in [0.717, 1.165) is 12.8 Å². The fraction of sp³-hybridized carbons (Fsp3) is 0.350. The van der Waals surface area contributed by atoms with Gasteiger partial charge < -0.3 is 15.0 Å². The summed E-state index contributed by atoms with van der Waals surface area (Å²) in [7, 11) is 1.38. The zero-order chi connectivity index (χ0) is 20.3. The van der Waals surface area contributed by atoms with Gasteiger partial charge in [0.25, 0.3) is 11.6 Å². The highest BCUT2D eigenvalue weighted by Crippen LogP contribution is 2.32. The number of nitrogens with zero attached hydrogens (tertiary/aromatic N) is 2. The van der Waals surface area contributed by atoms with Gasteiger partial charge in [0.2, 0.25) is 0 Å². The smallest absolute Gasteiger partial charge is 0.293 e. The van der Waals surface area contributed by atoms with Crippen molar-refractivity contribution in [2.24, 2.45) is 0 Å². The first kappa shape index (κ1) is 19.6. The van der Waals surface area contributed by atoms with Crippen molar-refractivity contribution < 1.29 is 18.8 Å². The average molecular weight is 387 g/mol. The summed E-state index contributed by atoms with van der Waals surface area (Å²) in [5.74, 6) is -0.720. The number of halogens is 1. The van der Waals surface area contributed by atoms with Crippen LogP contribution in [-0.2, 0) is 6.54 Å². The molecule has 0 saturated heterocycles. The molecule has 1 aliphatic rings. The Morgan fingerprint density at radius 2 is 2.07 bits per heavy atom. The molecule has 1 saturated carbocycles. The van der Waals surface area contributed by atoms with Gasteiger partial charge >= 0.3 is 0 Å². The number of rotatable bonds is 8. The number of carbonyl (C=O) groups excluding carboxylic acids is 1. The first-order valence-electron chi connectivity index (χ1n) is 9.09. The van der Waals surface area contributed by atoms with E-state index in [1.54, 1.807) is 25.1 Å². The molecule has 2 aromatic rings. The molecule has 0 aromatic heterocycles. The molecule has 0 heterocycles. The zero-order valence-corrected chi connectivity index (χ0v) is 15.8. The Morgan fingerprint density at radius 1 is 1.32 bits per heavy atom. The van der Waals surface area contributed by atoms with Crippen LogP contribution in [0.25, 0.3) is 0 Å². The van der Waals surface area contributed by atoms with E-state index in [4.69, 9.17) is 4.74 Å². The van der Waals surface area contributed by atoms with E-state index in [1.807, 2.05) is 0 Å². The van der Waals surface area contributed by atoms with E-state index in [9.17, 15) is 19.3 Å². The molecule has 148 valence electrons. The Bertz CT molecular complexity index is 899. The molecule has 0 aliphatic heterocycles. The number of hydrogen-bond acceptors (Lipinski definition) is 5. The monoisotopic (exact) mass is 387 g/mol. The number of nitro benzene ring substituents is 1. The third-order valence-corrected chi connectivity index (χ3v) is 4.64. The lowest BCUT2D eigenvalue weighted by atomic mass is 10.1. The maximum absolute atomic E-state index is 13.9. The molecular formula is C20H22FN3O4. The van der Waals surface area contributed by atoms with E-state index >= 15 is 0 Å². The van der Waals surface area contributed by atoms with Crippen molar-refractivity contribution in [1.29, 1.82) is 0 Å². The summed E-state index contributed by atoms with van der Waals surface area (Å²) >= 11 is 0. The summed E-state index contributed by atoms with van der Waals surface area (Å²) in [6.07, 6.45) is 1.97. The van der Waals surface area contributed by atoms with Crippen molar-refractivity contribution in [3.8, 4) is 5.75 Å². The third kappa shape index (κ3) is 4.39. The molecule has 8 heteroatoms. The normalized spacial score (nSPS) is 13.1. The largest absolute Gasteiger partial charge is 0.494 e. The summed E-state index contributed by atoms with van der Waals surface area (Å²) in [6, 6.07) is 9.22. The van der Waals surface area contributed by atoms with Gasteiger partial charge in [-0.2, -0.15) is 0 Å². The first-order chi connectivity index (χ1) is 13.4. The van der Waals surface area contributed by atoms with Crippen LogP contribution in [0.3, 0.4) is 0 Å². The van der Waals surface area contributed by atoms with E-state index in [-0.39, 0.29) is 35.5 Å². The molecule has 0 radical (unpaired) electrons. The fourth-order valence-corrected chi connectivity index (χ4v) is 2.92. The topological polar surface area (TPSA) is 84.7 Å². The Kier molecular flexibility index (Phi) is 5.77. The van der Waals surface area contributed by atoms with Crippen molar-refractivity contribution in [3.05, 3.63) is 63.5 Å². The molecule has 3 rings (SSSR count). The van der Waals surface area contributed by atoms with Gasteiger partial charge in [-0.25, -0.2) is 4.39 Å². The Morgan fingerprint density at radius 3 is 2.64 bits per heavy atom. The summed E-state index contributed by atoms with van der Waals surface area (Å²) in [4.78, 5) is 25.3. The van der Waals surface area contributed by atoms with Crippen molar-refractivity contribution in [2.75, 3.05) is 19.0 Å². The number of nitro groups is 1. The molecule has 0 atom stereocenters. The summed E-state index contributed by atoms with van der Waals surface area (Å²) in [6.45, 7) is 2.36. The average Bonchev–Trinajstić information content (AvgIpc) is 3.50. The number of nitrogens with one attached hydrogen (secondary N) is 1. The zero-order valence-electron chi connectivity index (χ0n) is 15.8. The van der Waals surface area contributed by atoms with Crippen LogP contribution in [0.5, 0.6) is 5.75 Å². The molecule has 28 heavy (non-hydrogen) atoms. The Labute approximate surface area is 162 Å². The molecule has 2 aromatic carbocycles. The predicted octanol–water partition coefficient (Wildman–Crippen LogP) is 3.98. The van der Waals surface area contributed by atoms with Crippen LogP contribution in [0.15, 0.2) is 36.4 Å². The van der Waals surface area contributed by atoms with E-state index in [1.165, 1.54) is 30.2 Å². The van der Waals surface area contributed by atoms with Gasteiger partial charge in [0.15, 0.2) is 11.6 Å². The third-order valence-electron chi connectivity index (χ3n) is 4.64. The predicted molar refractivity (Wildman–Crippen MR) is 103 cm³/mol. The van der Waals surface area contributed by atoms with Gasteiger partial charge in [-0.05, 0) is 49.6 Å². The van der Waals surface area contributed by atoms with Crippen LogP contribution in [-0.4, -0.2) is 35.4 Å². The molecule has 0 bridgehead atoms. The summed E-state index contributed by atoms with van der Waals surface area (Å²) < 4.78 is 18.8. The summed E-state index contributed by atoms with van der Waals surface area (Å²) in [5, 5.41) is 14.5. The van der Waals surface area contributed by atoms with Crippen LogP contribution in [0.2, 0.25) is 0 Å². The van der Waals surface area contributed by atoms with Gasteiger partial charge in [-0.3, -0.25) is 14.9 Å². The lowest BCUT2D eigenvalue weighted by molar-refractivity contribution is -0.384. The van der Waals surface area contributed by atoms with E-state index < -0.39 is 10.7 Å². The molecule has 7 nitrogen and oxygen atoms in total. The van der Waals surface area contributed by atoms with Gasteiger partial charge in [0, 0.05) is 30.8 Å². The highest BCUT2D eigenvalue weighted by Gasteiger charge is 2.26. The summed E-state index contributed by atoms with van der Waals surface area (Å²) in [5.41, 5.74) is 1.13. The van der Waals surface area contributed by atoms with Crippen LogP contribution in [0.4, 0.5) is 15.8 Å². The molecule has 1 N–H and O–H groups in total. The number of carbonyl (C=O) groups is 1. The Balaban J connectivity index is 1.81. The number of hydrogen-bond donors (Lipinski definition) is 1. The second-order valence-electron chi connectivity index (χ2n) is 6.70. The lowest BCUT2D eigenvalue weighted by Gasteiger charge is -2.21. The second kappa shape index (κ2) is 8.24. The highest BCUT2D eigenvalue weighted by molar-refractivity contribution is 5.95. The number of benzene rings is 2. The van der Waals surface area contributed by atoms with E-state index in [0.29, 0.717) is 17.8 Å². The molecule has 0 spiro atoms. The number of ether oxygens (including phenoxy) is 1. The van der Waals surface area contributed by atoms with Crippen molar-refractivity contribution in [3.63, 3.8) is 0 Å². The van der Waals surface area contributed by atoms with Crippen molar-refractivity contribution >= 4 is 17.3 Å². The molecule has 1 amide bonds. The molecule has 1 fully saturated rings. The molecular weight excluding hydrogens is 365 g/mol. The van der Waals surface area contributed by atoms with Crippen molar-refractivity contribution in [1.82, 2.24) is 4.90 Å². The highest BCUT2D eigenvalue weighted by atomic mass is 19.1. The van der Waals surface area contributed by atoms with Gasteiger partial charge in [0.1, 0.15) is 5.69 Å². The van der Waals surface area contributed by atoms with E-state index in [2.05, 4.69) is 5.32 Å². The SMILES string of the molecule is CCN(Cc1ccc(OC)c(F)c1)C(=O)c1ccc(NC2CC2)c([N+](=O)[O-])c1. The molecule has 0 unspecified atom stereocenters. The lowest BCUT2D eigenvalue weighted by Crippen LogP contribution is -2.30. The molecule has 1 aliphatic carbocycles. The first-order valence-corrected chi connectivity index (χ1v) is 9.09. The minimum Gasteiger partial charge on any atom is -0.494 e.